The Hall–Kier alpha value is -6.71. The number of ether oxygens (including phenoxy) is 4. The van der Waals surface area contributed by atoms with Crippen molar-refractivity contribution in [3.8, 4) is 51.6 Å². The van der Waals surface area contributed by atoms with Crippen molar-refractivity contribution >= 4 is 29.0 Å². The van der Waals surface area contributed by atoms with E-state index in [0.29, 0.717) is 5.56 Å². The maximum atomic E-state index is 14.0. The minimum absolute atomic E-state index is 0.0200. The highest BCUT2D eigenvalue weighted by molar-refractivity contribution is 5.90. The lowest BCUT2D eigenvalue weighted by molar-refractivity contribution is -0.271. The third kappa shape index (κ3) is 7.26. The molecule has 15 nitrogen and oxygen atoms in total. The second kappa shape index (κ2) is 14.3. The first kappa shape index (κ1) is 35.1. The van der Waals surface area contributed by atoms with Crippen LogP contribution in [0.3, 0.4) is 0 Å². The number of fused-ring (bicyclic) bond motifs is 1. The minimum Gasteiger partial charge on any atom is -0.508 e. The average molecular weight is 715 g/mol. The van der Waals surface area contributed by atoms with E-state index in [1.54, 1.807) is 12.1 Å². The Labute approximate surface area is 293 Å². The molecule has 4 aromatic carbocycles. The lowest BCUT2D eigenvalue weighted by Crippen LogP contribution is -2.61. The third-order valence-electron chi connectivity index (χ3n) is 8.05. The highest BCUT2D eigenvalue weighted by Gasteiger charge is 2.50. The van der Waals surface area contributed by atoms with E-state index >= 15 is 0 Å². The Balaban J connectivity index is 1.39. The summed E-state index contributed by atoms with van der Waals surface area (Å²) in [5, 5.41) is 71.1. The van der Waals surface area contributed by atoms with Crippen molar-refractivity contribution in [3.05, 3.63) is 106 Å². The summed E-state index contributed by atoms with van der Waals surface area (Å²) in [4.78, 5) is 40.1. The van der Waals surface area contributed by atoms with Gasteiger partial charge in [-0.3, -0.25) is 4.79 Å². The molecule has 1 aromatic heterocycles. The molecule has 0 saturated carbocycles. The molecular weight excluding hydrogens is 684 g/mol. The number of esters is 2. The molecule has 0 bridgehead atoms. The summed E-state index contributed by atoms with van der Waals surface area (Å²) in [6, 6.07) is 16.2. The predicted octanol–water partition coefficient (Wildman–Crippen LogP) is 4.03. The number of hydrogen-bond acceptors (Lipinski definition) is 15. The largest absolute Gasteiger partial charge is 0.508 e. The fraction of sp³-hybridized carbons (Fsp3) is 0.162. The molecule has 1 fully saturated rings. The molecule has 5 aromatic rings. The van der Waals surface area contributed by atoms with Crippen LogP contribution in [0.15, 0.2) is 94.2 Å². The molecule has 1 aliphatic rings. The van der Waals surface area contributed by atoms with Gasteiger partial charge in [0, 0.05) is 23.8 Å². The zero-order chi connectivity index (χ0) is 37.3. The van der Waals surface area contributed by atoms with Gasteiger partial charge in [0.2, 0.25) is 17.5 Å². The van der Waals surface area contributed by atoms with Crippen LogP contribution in [-0.2, 0) is 19.0 Å². The maximum absolute atomic E-state index is 14.0. The first-order valence-corrected chi connectivity index (χ1v) is 15.5. The second-order valence-corrected chi connectivity index (χ2v) is 11.7. The first-order valence-electron chi connectivity index (χ1n) is 15.5. The van der Waals surface area contributed by atoms with Crippen molar-refractivity contribution in [2.75, 3.05) is 0 Å². The molecule has 268 valence electrons. The Morgan fingerprint density at radius 3 is 2.10 bits per heavy atom. The van der Waals surface area contributed by atoms with Gasteiger partial charge in [-0.15, -0.1) is 0 Å². The van der Waals surface area contributed by atoms with E-state index in [1.807, 2.05) is 0 Å². The SMILES string of the molecule is C[C@@H]1O[C@@H](Oc2c(-c3ccc(O)c(O)c3)oc3cc(O)cc(O)c3c2=O)[C@@H](OC(=O)c2ccc(O)cc2)[C@H](O)[C@H]1OC(=O)/C=C/c1ccc(O)cc1. The van der Waals surface area contributed by atoms with Gasteiger partial charge in [0.15, 0.2) is 29.5 Å². The Morgan fingerprint density at radius 1 is 0.750 bits per heavy atom. The number of phenols is 6. The summed E-state index contributed by atoms with van der Waals surface area (Å²) in [5.74, 6) is -5.37. The molecule has 0 spiro atoms. The highest BCUT2D eigenvalue weighted by Crippen LogP contribution is 2.40. The monoisotopic (exact) mass is 714 g/mol. The number of rotatable bonds is 8. The van der Waals surface area contributed by atoms with E-state index in [-0.39, 0.29) is 34.0 Å². The maximum Gasteiger partial charge on any atom is 0.338 e. The van der Waals surface area contributed by atoms with E-state index in [0.717, 1.165) is 30.3 Å². The van der Waals surface area contributed by atoms with Gasteiger partial charge in [-0.25, -0.2) is 9.59 Å². The van der Waals surface area contributed by atoms with E-state index in [9.17, 15) is 50.1 Å². The number of hydrogen-bond donors (Lipinski definition) is 7. The van der Waals surface area contributed by atoms with Crippen molar-refractivity contribution in [1.29, 1.82) is 0 Å². The zero-order valence-electron chi connectivity index (χ0n) is 26.9. The number of carbonyl (C=O) groups is 2. The van der Waals surface area contributed by atoms with Crippen molar-refractivity contribution in [2.45, 2.75) is 37.6 Å². The topological polar surface area (TPSA) is 243 Å². The fourth-order valence-corrected chi connectivity index (χ4v) is 5.44. The van der Waals surface area contributed by atoms with Crippen molar-refractivity contribution in [2.24, 2.45) is 0 Å². The van der Waals surface area contributed by atoms with Gasteiger partial charge in [0.05, 0.1) is 11.7 Å². The molecule has 1 aliphatic heterocycles. The average Bonchev–Trinajstić information content (AvgIpc) is 3.10. The van der Waals surface area contributed by atoms with E-state index < -0.39 is 82.2 Å². The van der Waals surface area contributed by atoms with Gasteiger partial charge in [-0.2, -0.15) is 0 Å². The fourth-order valence-electron chi connectivity index (χ4n) is 5.44. The first-order chi connectivity index (χ1) is 24.8. The summed E-state index contributed by atoms with van der Waals surface area (Å²) in [7, 11) is 0. The van der Waals surface area contributed by atoms with Crippen LogP contribution < -0.4 is 10.2 Å². The molecule has 2 heterocycles. The van der Waals surface area contributed by atoms with Crippen LogP contribution in [0.1, 0.15) is 22.8 Å². The lowest BCUT2D eigenvalue weighted by atomic mass is 9.99. The molecule has 0 radical (unpaired) electrons. The quantitative estimate of drug-likeness (QED) is 0.0682. The van der Waals surface area contributed by atoms with E-state index in [1.165, 1.54) is 55.5 Å². The van der Waals surface area contributed by atoms with Crippen molar-refractivity contribution in [1.82, 2.24) is 0 Å². The molecule has 0 amide bonds. The molecule has 5 atom stereocenters. The molecule has 7 N–H and O–H groups in total. The van der Waals surface area contributed by atoms with Crippen LogP contribution in [0.4, 0.5) is 0 Å². The molecular formula is C37H30O15. The molecule has 6 rings (SSSR count). The Morgan fingerprint density at radius 2 is 1.42 bits per heavy atom. The van der Waals surface area contributed by atoms with Gasteiger partial charge in [-0.05, 0) is 73.2 Å². The van der Waals surface area contributed by atoms with Crippen molar-refractivity contribution < 1.29 is 68.7 Å². The summed E-state index contributed by atoms with van der Waals surface area (Å²) < 4.78 is 29.0. The number of aliphatic hydroxyl groups is 1. The third-order valence-corrected chi connectivity index (χ3v) is 8.05. The van der Waals surface area contributed by atoms with Crippen LogP contribution in [0.2, 0.25) is 0 Å². The van der Waals surface area contributed by atoms with Crippen molar-refractivity contribution in [3.63, 3.8) is 0 Å². The summed E-state index contributed by atoms with van der Waals surface area (Å²) in [5.41, 5.74) is -0.850. The summed E-state index contributed by atoms with van der Waals surface area (Å²) in [6.45, 7) is 1.41. The van der Waals surface area contributed by atoms with Gasteiger partial charge in [0.1, 0.15) is 40.1 Å². The van der Waals surface area contributed by atoms with Gasteiger partial charge in [0.25, 0.3) is 0 Å². The van der Waals surface area contributed by atoms with E-state index in [2.05, 4.69) is 0 Å². The normalized spacial score (nSPS) is 20.1. The number of carbonyl (C=O) groups excluding carboxylic acids is 2. The Bertz CT molecular complexity index is 2220. The lowest BCUT2D eigenvalue weighted by Gasteiger charge is -2.42. The van der Waals surface area contributed by atoms with Gasteiger partial charge in [-0.1, -0.05) is 12.1 Å². The van der Waals surface area contributed by atoms with Crippen LogP contribution in [0.5, 0.6) is 40.2 Å². The molecule has 15 heteroatoms. The van der Waals surface area contributed by atoms with Crippen LogP contribution in [-0.4, -0.2) is 78.4 Å². The van der Waals surface area contributed by atoms with Gasteiger partial charge < -0.3 is 59.1 Å². The minimum atomic E-state index is -1.85. The number of aliphatic hydroxyl groups excluding tert-OH is 1. The summed E-state index contributed by atoms with van der Waals surface area (Å²) in [6.07, 6.45) is -5.67. The number of benzene rings is 4. The molecule has 0 aliphatic carbocycles. The molecule has 0 unspecified atom stereocenters. The number of aromatic hydroxyl groups is 6. The van der Waals surface area contributed by atoms with E-state index in [4.69, 9.17) is 23.4 Å². The standard InChI is InChI=1S/C37H30O15/c1-17-32(50-28(44)13-4-18-2-8-21(38)9-3-18)31(46)35(51-36(47)19-5-10-22(39)11-6-19)37(48-17)52-34-30(45)29-26(43)15-23(40)16-27(29)49-33(34)20-7-12-24(41)25(42)14-20/h2-17,31-32,35,37-43,46H,1H3/b13-4+/t17-,31+,32-,35-,37-/m0/s1. The number of phenolic OH excluding ortho intramolecular Hbond substituents is 6. The predicted molar refractivity (Wildman–Crippen MR) is 180 cm³/mol. The van der Waals surface area contributed by atoms with Crippen LogP contribution >= 0.6 is 0 Å². The highest BCUT2D eigenvalue weighted by atomic mass is 16.7. The second-order valence-electron chi connectivity index (χ2n) is 11.7. The Kier molecular flexibility index (Phi) is 9.63. The zero-order valence-corrected chi connectivity index (χ0v) is 26.9. The molecule has 52 heavy (non-hydrogen) atoms. The summed E-state index contributed by atoms with van der Waals surface area (Å²) >= 11 is 0. The molecule has 1 saturated heterocycles. The van der Waals surface area contributed by atoms with Crippen LogP contribution in [0, 0.1) is 0 Å². The smallest absolute Gasteiger partial charge is 0.338 e. The van der Waals surface area contributed by atoms with Crippen LogP contribution in [0.25, 0.3) is 28.4 Å². The van der Waals surface area contributed by atoms with Gasteiger partial charge >= 0.3 is 11.9 Å².